The molecule has 80 valence electrons. The summed E-state index contributed by atoms with van der Waals surface area (Å²) in [7, 11) is -1.46. The summed E-state index contributed by atoms with van der Waals surface area (Å²) < 4.78 is 0. The lowest BCUT2D eigenvalue weighted by Gasteiger charge is -2.04. The van der Waals surface area contributed by atoms with Gasteiger partial charge in [0.15, 0.2) is 0 Å². The summed E-state index contributed by atoms with van der Waals surface area (Å²) >= 11 is 0. The molecular formula is C12H11BO3. The Morgan fingerprint density at radius 3 is 2.12 bits per heavy atom. The Hall–Kier alpha value is -1.78. The highest BCUT2D eigenvalue weighted by Gasteiger charge is 2.10. The highest BCUT2D eigenvalue weighted by molar-refractivity contribution is 6.58. The van der Waals surface area contributed by atoms with Crippen LogP contribution >= 0.6 is 0 Å². The molecule has 0 aliphatic carbocycles. The molecular weight excluding hydrogens is 203 g/mol. The third kappa shape index (κ3) is 2.24. The van der Waals surface area contributed by atoms with Gasteiger partial charge in [0.05, 0.1) is 0 Å². The number of hydrogen-bond donors (Lipinski definition) is 3. The third-order valence-electron chi connectivity index (χ3n) is 2.39. The molecule has 16 heavy (non-hydrogen) atoms. The van der Waals surface area contributed by atoms with Gasteiger partial charge in [0, 0.05) is 0 Å². The van der Waals surface area contributed by atoms with Crippen molar-refractivity contribution in [3.05, 3.63) is 48.5 Å². The molecule has 0 aliphatic rings. The minimum Gasteiger partial charge on any atom is -0.508 e. The van der Waals surface area contributed by atoms with Crippen molar-refractivity contribution in [1.82, 2.24) is 0 Å². The fourth-order valence-electron chi connectivity index (χ4n) is 1.53. The maximum Gasteiger partial charge on any atom is 0.488 e. The molecule has 2 aromatic rings. The molecule has 4 heteroatoms. The maximum absolute atomic E-state index is 9.17. The third-order valence-corrected chi connectivity index (χ3v) is 2.39. The Labute approximate surface area is 93.8 Å². The lowest BCUT2D eigenvalue weighted by atomic mass is 9.79. The fraction of sp³-hybridized carbons (Fsp3) is 0. The molecule has 0 amide bonds. The van der Waals surface area contributed by atoms with Gasteiger partial charge >= 0.3 is 7.12 Å². The van der Waals surface area contributed by atoms with Crippen molar-refractivity contribution in [2.75, 3.05) is 0 Å². The molecule has 0 heterocycles. The van der Waals surface area contributed by atoms with Crippen LogP contribution in [0.1, 0.15) is 0 Å². The molecule has 0 aliphatic heterocycles. The number of phenolic OH excluding ortho intramolecular Hbond substituents is 1. The molecule has 0 unspecified atom stereocenters. The normalized spacial score (nSPS) is 10.1. The molecule has 2 aromatic carbocycles. The zero-order chi connectivity index (χ0) is 11.5. The summed E-state index contributed by atoms with van der Waals surface area (Å²) in [4.78, 5) is 0. The minimum atomic E-state index is -1.46. The van der Waals surface area contributed by atoms with E-state index in [0.717, 1.165) is 11.1 Å². The van der Waals surface area contributed by atoms with E-state index in [1.807, 2.05) is 6.07 Å². The SMILES string of the molecule is OB(O)c1cccc(-c2ccc(O)cc2)c1. The van der Waals surface area contributed by atoms with E-state index in [-0.39, 0.29) is 5.75 Å². The molecule has 3 N–H and O–H groups in total. The minimum absolute atomic E-state index is 0.210. The van der Waals surface area contributed by atoms with E-state index < -0.39 is 7.12 Å². The lowest BCUT2D eigenvalue weighted by molar-refractivity contribution is 0.426. The Morgan fingerprint density at radius 2 is 1.50 bits per heavy atom. The van der Waals surface area contributed by atoms with Crippen molar-refractivity contribution in [2.24, 2.45) is 0 Å². The van der Waals surface area contributed by atoms with E-state index in [2.05, 4.69) is 0 Å². The van der Waals surface area contributed by atoms with Gasteiger partial charge in [0.2, 0.25) is 0 Å². The lowest BCUT2D eigenvalue weighted by Crippen LogP contribution is -2.29. The van der Waals surface area contributed by atoms with E-state index >= 15 is 0 Å². The van der Waals surface area contributed by atoms with Crippen LogP contribution in [0.3, 0.4) is 0 Å². The summed E-state index contributed by atoms with van der Waals surface area (Å²) in [5.74, 6) is 0.210. The van der Waals surface area contributed by atoms with Gasteiger partial charge in [0.1, 0.15) is 5.75 Å². The van der Waals surface area contributed by atoms with Crippen molar-refractivity contribution in [2.45, 2.75) is 0 Å². The summed E-state index contributed by atoms with van der Waals surface area (Å²) in [6, 6.07) is 13.7. The van der Waals surface area contributed by atoms with Gasteiger partial charge in [-0.15, -0.1) is 0 Å². The molecule has 0 bridgehead atoms. The number of phenols is 1. The molecule has 2 rings (SSSR count). The Kier molecular flexibility index (Phi) is 2.94. The van der Waals surface area contributed by atoms with Crippen LogP contribution in [-0.2, 0) is 0 Å². The van der Waals surface area contributed by atoms with Crippen LogP contribution in [0.5, 0.6) is 5.75 Å². The Balaban J connectivity index is 2.40. The second-order valence-corrected chi connectivity index (χ2v) is 3.55. The quantitative estimate of drug-likeness (QED) is 0.646. The predicted octanol–water partition coefficient (Wildman–Crippen LogP) is 0.739. The molecule has 0 atom stereocenters. The topological polar surface area (TPSA) is 60.7 Å². The molecule has 0 fully saturated rings. The monoisotopic (exact) mass is 214 g/mol. The van der Waals surface area contributed by atoms with Gasteiger partial charge in [-0.05, 0) is 28.7 Å². The van der Waals surface area contributed by atoms with E-state index in [0.29, 0.717) is 5.46 Å². The maximum atomic E-state index is 9.17. The summed E-state index contributed by atoms with van der Waals surface area (Å²) in [6.07, 6.45) is 0. The van der Waals surface area contributed by atoms with Gasteiger partial charge in [-0.1, -0.05) is 36.4 Å². The molecule has 0 spiro atoms. The molecule has 0 radical (unpaired) electrons. The first-order valence-corrected chi connectivity index (χ1v) is 4.92. The molecule has 0 saturated heterocycles. The van der Waals surface area contributed by atoms with Crippen LogP contribution in [0.25, 0.3) is 11.1 Å². The summed E-state index contributed by atoms with van der Waals surface area (Å²) in [6.45, 7) is 0. The predicted molar refractivity (Wildman–Crippen MR) is 63.4 cm³/mol. The number of hydrogen-bond acceptors (Lipinski definition) is 3. The first kappa shape index (κ1) is 10.7. The number of benzene rings is 2. The summed E-state index contributed by atoms with van der Waals surface area (Å²) in [5, 5.41) is 27.3. The van der Waals surface area contributed by atoms with Gasteiger partial charge in [-0.2, -0.15) is 0 Å². The van der Waals surface area contributed by atoms with Crippen molar-refractivity contribution in [3.8, 4) is 16.9 Å². The van der Waals surface area contributed by atoms with E-state index in [4.69, 9.17) is 15.2 Å². The second kappa shape index (κ2) is 4.39. The van der Waals surface area contributed by atoms with Crippen molar-refractivity contribution in [3.63, 3.8) is 0 Å². The van der Waals surface area contributed by atoms with Crippen LogP contribution < -0.4 is 5.46 Å². The van der Waals surface area contributed by atoms with E-state index in [1.54, 1.807) is 42.5 Å². The molecule has 3 nitrogen and oxygen atoms in total. The van der Waals surface area contributed by atoms with Gasteiger partial charge < -0.3 is 15.2 Å². The van der Waals surface area contributed by atoms with Crippen molar-refractivity contribution >= 4 is 12.6 Å². The average molecular weight is 214 g/mol. The first-order valence-electron chi connectivity index (χ1n) is 4.92. The van der Waals surface area contributed by atoms with Crippen LogP contribution in [0, 0.1) is 0 Å². The smallest absolute Gasteiger partial charge is 0.488 e. The highest BCUT2D eigenvalue weighted by atomic mass is 16.4. The fourth-order valence-corrected chi connectivity index (χ4v) is 1.53. The Bertz CT molecular complexity index is 480. The summed E-state index contributed by atoms with van der Waals surface area (Å²) in [5.41, 5.74) is 2.25. The average Bonchev–Trinajstić information content (AvgIpc) is 2.30. The first-order chi connectivity index (χ1) is 7.66. The van der Waals surface area contributed by atoms with E-state index in [1.165, 1.54) is 0 Å². The molecule has 0 aromatic heterocycles. The van der Waals surface area contributed by atoms with Gasteiger partial charge in [-0.3, -0.25) is 0 Å². The zero-order valence-electron chi connectivity index (χ0n) is 8.54. The van der Waals surface area contributed by atoms with Crippen molar-refractivity contribution < 1.29 is 15.2 Å². The molecule has 0 saturated carbocycles. The van der Waals surface area contributed by atoms with Gasteiger partial charge in [-0.25, -0.2) is 0 Å². The van der Waals surface area contributed by atoms with Crippen LogP contribution in [-0.4, -0.2) is 22.3 Å². The number of aromatic hydroxyl groups is 1. The standard InChI is InChI=1S/C12H11BO3/c14-12-6-4-9(5-7-12)10-2-1-3-11(8-10)13(15)16/h1-8,14-16H. The van der Waals surface area contributed by atoms with E-state index in [9.17, 15) is 0 Å². The van der Waals surface area contributed by atoms with Crippen LogP contribution in [0.15, 0.2) is 48.5 Å². The number of rotatable bonds is 2. The van der Waals surface area contributed by atoms with Gasteiger partial charge in [0.25, 0.3) is 0 Å². The van der Waals surface area contributed by atoms with Crippen LogP contribution in [0.2, 0.25) is 0 Å². The highest BCUT2D eigenvalue weighted by Crippen LogP contribution is 2.20. The zero-order valence-corrected chi connectivity index (χ0v) is 8.54. The second-order valence-electron chi connectivity index (χ2n) is 3.55. The van der Waals surface area contributed by atoms with Crippen molar-refractivity contribution in [1.29, 1.82) is 0 Å². The van der Waals surface area contributed by atoms with Crippen LogP contribution in [0.4, 0.5) is 0 Å². The largest absolute Gasteiger partial charge is 0.508 e. The Morgan fingerprint density at radius 1 is 0.812 bits per heavy atom.